The summed E-state index contributed by atoms with van der Waals surface area (Å²) in [5.41, 5.74) is 1.13. The van der Waals surface area contributed by atoms with E-state index in [1.54, 1.807) is 0 Å². The van der Waals surface area contributed by atoms with Gasteiger partial charge in [-0.3, -0.25) is 0 Å². The molecule has 1 aliphatic rings. The Kier molecular flexibility index (Phi) is 2.54. The lowest BCUT2D eigenvalue weighted by Crippen LogP contribution is -2.32. The van der Waals surface area contributed by atoms with Gasteiger partial charge < -0.3 is 4.90 Å². The van der Waals surface area contributed by atoms with Crippen LogP contribution in [0.4, 0.5) is 5.13 Å². The summed E-state index contributed by atoms with van der Waals surface area (Å²) in [5, 5.41) is 1.19. The number of thiazole rings is 1. The molecule has 0 atom stereocenters. The van der Waals surface area contributed by atoms with Gasteiger partial charge in [-0.1, -0.05) is 23.5 Å². The van der Waals surface area contributed by atoms with Crippen LogP contribution in [0.15, 0.2) is 24.3 Å². The fraction of sp³-hybridized carbons (Fsp3) is 0.364. The van der Waals surface area contributed by atoms with E-state index in [0.717, 1.165) is 18.6 Å². The van der Waals surface area contributed by atoms with Crippen LogP contribution in [-0.2, 0) is 0 Å². The average molecular weight is 236 g/mol. The van der Waals surface area contributed by atoms with Crippen molar-refractivity contribution in [2.45, 2.75) is 0 Å². The third kappa shape index (κ3) is 1.84. The first-order valence-electron chi connectivity index (χ1n) is 5.12. The molecule has 2 nitrogen and oxygen atoms in total. The highest BCUT2D eigenvalue weighted by atomic mass is 32.2. The molecule has 3 rings (SSSR count). The number of rotatable bonds is 1. The van der Waals surface area contributed by atoms with Crippen molar-refractivity contribution in [1.82, 2.24) is 4.98 Å². The second kappa shape index (κ2) is 4.02. The van der Waals surface area contributed by atoms with Crippen molar-refractivity contribution < 1.29 is 0 Å². The quantitative estimate of drug-likeness (QED) is 0.757. The minimum atomic E-state index is 1.13. The summed E-state index contributed by atoms with van der Waals surface area (Å²) < 4.78 is 1.30. The molecule has 1 fully saturated rings. The summed E-state index contributed by atoms with van der Waals surface area (Å²) in [5.74, 6) is 2.46. The number of fused-ring (bicyclic) bond motifs is 1. The van der Waals surface area contributed by atoms with Crippen molar-refractivity contribution in [2.24, 2.45) is 0 Å². The van der Waals surface area contributed by atoms with Crippen LogP contribution in [0, 0.1) is 0 Å². The molecule has 0 bridgehead atoms. The average Bonchev–Trinajstić information content (AvgIpc) is 2.74. The Balaban J connectivity index is 1.96. The van der Waals surface area contributed by atoms with E-state index in [4.69, 9.17) is 0 Å². The molecule has 4 heteroatoms. The molecule has 2 aromatic rings. The minimum absolute atomic E-state index is 1.13. The highest BCUT2D eigenvalue weighted by Gasteiger charge is 2.14. The van der Waals surface area contributed by atoms with Crippen molar-refractivity contribution in [3.8, 4) is 0 Å². The zero-order chi connectivity index (χ0) is 10.1. The Morgan fingerprint density at radius 1 is 1.13 bits per heavy atom. The minimum Gasteiger partial charge on any atom is -0.346 e. The van der Waals surface area contributed by atoms with Gasteiger partial charge in [0.25, 0.3) is 0 Å². The second-order valence-electron chi connectivity index (χ2n) is 3.56. The molecule has 1 aromatic heterocycles. The van der Waals surface area contributed by atoms with Crippen LogP contribution in [0.25, 0.3) is 10.2 Å². The van der Waals surface area contributed by atoms with Crippen LogP contribution < -0.4 is 4.90 Å². The molecule has 0 unspecified atom stereocenters. The van der Waals surface area contributed by atoms with E-state index in [-0.39, 0.29) is 0 Å². The number of hydrogen-bond acceptors (Lipinski definition) is 4. The van der Waals surface area contributed by atoms with E-state index in [9.17, 15) is 0 Å². The van der Waals surface area contributed by atoms with Gasteiger partial charge in [-0.05, 0) is 12.1 Å². The molecular weight excluding hydrogens is 224 g/mol. The van der Waals surface area contributed by atoms with Crippen LogP contribution in [0.1, 0.15) is 0 Å². The summed E-state index contributed by atoms with van der Waals surface area (Å²) in [6, 6.07) is 8.37. The van der Waals surface area contributed by atoms with E-state index >= 15 is 0 Å². The Morgan fingerprint density at radius 2 is 1.93 bits per heavy atom. The lowest BCUT2D eigenvalue weighted by molar-refractivity contribution is 0.854. The molecule has 15 heavy (non-hydrogen) atoms. The maximum atomic E-state index is 4.67. The highest BCUT2D eigenvalue weighted by Crippen LogP contribution is 2.29. The summed E-state index contributed by atoms with van der Waals surface area (Å²) in [7, 11) is 0. The van der Waals surface area contributed by atoms with Gasteiger partial charge in [-0.2, -0.15) is 11.8 Å². The van der Waals surface area contributed by atoms with Crippen LogP contribution in [0.2, 0.25) is 0 Å². The first-order valence-corrected chi connectivity index (χ1v) is 7.09. The number of aromatic nitrogens is 1. The van der Waals surface area contributed by atoms with Gasteiger partial charge in [0.15, 0.2) is 5.13 Å². The third-order valence-corrected chi connectivity index (χ3v) is 4.60. The van der Waals surface area contributed by atoms with Crippen LogP contribution in [0.5, 0.6) is 0 Å². The molecule has 0 aliphatic carbocycles. The standard InChI is InChI=1S/C11H12N2S2/c1-2-4-10-9(3-1)12-11(15-10)13-5-7-14-8-6-13/h1-4H,5-8H2. The Labute approximate surface area is 97.3 Å². The van der Waals surface area contributed by atoms with Crippen LogP contribution >= 0.6 is 23.1 Å². The first kappa shape index (κ1) is 9.48. The highest BCUT2D eigenvalue weighted by molar-refractivity contribution is 7.99. The molecular formula is C11H12N2S2. The van der Waals surface area contributed by atoms with Crippen LogP contribution in [0.3, 0.4) is 0 Å². The maximum Gasteiger partial charge on any atom is 0.186 e. The largest absolute Gasteiger partial charge is 0.346 e. The normalized spacial score (nSPS) is 17.2. The van der Waals surface area contributed by atoms with Crippen molar-refractivity contribution in [1.29, 1.82) is 0 Å². The second-order valence-corrected chi connectivity index (χ2v) is 5.80. The predicted octanol–water partition coefficient (Wildman–Crippen LogP) is 2.85. The number of hydrogen-bond donors (Lipinski definition) is 0. The van der Waals surface area contributed by atoms with Crippen molar-refractivity contribution in [2.75, 3.05) is 29.5 Å². The lowest BCUT2D eigenvalue weighted by Gasteiger charge is -2.25. The van der Waals surface area contributed by atoms with E-state index < -0.39 is 0 Å². The predicted molar refractivity (Wildman–Crippen MR) is 69.2 cm³/mol. The molecule has 0 amide bonds. The first-order chi connectivity index (χ1) is 7.43. The molecule has 1 aliphatic heterocycles. The number of para-hydroxylation sites is 1. The zero-order valence-electron chi connectivity index (χ0n) is 8.35. The van der Waals surface area contributed by atoms with E-state index in [1.165, 1.54) is 21.3 Å². The van der Waals surface area contributed by atoms with Gasteiger partial charge in [0.2, 0.25) is 0 Å². The Morgan fingerprint density at radius 3 is 2.73 bits per heavy atom. The molecule has 78 valence electrons. The topological polar surface area (TPSA) is 16.1 Å². The molecule has 0 saturated carbocycles. The molecule has 0 spiro atoms. The third-order valence-electron chi connectivity index (χ3n) is 2.56. The fourth-order valence-corrected chi connectivity index (χ4v) is 3.67. The van der Waals surface area contributed by atoms with E-state index in [2.05, 4.69) is 34.1 Å². The van der Waals surface area contributed by atoms with Crippen LogP contribution in [-0.4, -0.2) is 29.6 Å². The molecule has 0 radical (unpaired) electrons. The Hall–Kier alpha value is -0.740. The van der Waals surface area contributed by atoms with Crippen molar-refractivity contribution in [3.05, 3.63) is 24.3 Å². The van der Waals surface area contributed by atoms with Gasteiger partial charge in [0.05, 0.1) is 10.2 Å². The van der Waals surface area contributed by atoms with Crippen molar-refractivity contribution >= 4 is 38.4 Å². The van der Waals surface area contributed by atoms with E-state index in [1.807, 2.05) is 23.1 Å². The van der Waals surface area contributed by atoms with Gasteiger partial charge in [0.1, 0.15) is 0 Å². The monoisotopic (exact) mass is 236 g/mol. The molecule has 1 aromatic carbocycles. The van der Waals surface area contributed by atoms with E-state index in [0.29, 0.717) is 0 Å². The number of benzene rings is 1. The smallest absolute Gasteiger partial charge is 0.186 e. The SMILES string of the molecule is c1ccc2sc(N3CCSCC3)nc2c1. The molecule has 1 saturated heterocycles. The van der Waals surface area contributed by atoms with Crippen molar-refractivity contribution in [3.63, 3.8) is 0 Å². The van der Waals surface area contributed by atoms with Gasteiger partial charge in [-0.15, -0.1) is 0 Å². The summed E-state index contributed by atoms with van der Waals surface area (Å²) in [4.78, 5) is 7.08. The van der Waals surface area contributed by atoms with Gasteiger partial charge in [0, 0.05) is 24.6 Å². The van der Waals surface area contributed by atoms with Gasteiger partial charge in [-0.25, -0.2) is 4.98 Å². The lowest BCUT2D eigenvalue weighted by atomic mass is 10.3. The van der Waals surface area contributed by atoms with Gasteiger partial charge >= 0.3 is 0 Å². The zero-order valence-corrected chi connectivity index (χ0v) is 9.98. The summed E-state index contributed by atoms with van der Waals surface area (Å²) >= 11 is 3.84. The number of anilines is 1. The maximum absolute atomic E-state index is 4.67. The summed E-state index contributed by atoms with van der Waals surface area (Å²) in [6.07, 6.45) is 0. The molecule has 2 heterocycles. The Bertz CT molecular complexity index is 427. The summed E-state index contributed by atoms with van der Waals surface area (Å²) in [6.45, 7) is 2.29. The number of thioether (sulfide) groups is 1. The molecule has 0 N–H and O–H groups in total. The fourth-order valence-electron chi connectivity index (χ4n) is 1.75. The number of nitrogens with zero attached hydrogens (tertiary/aromatic N) is 2.